The highest BCUT2D eigenvalue weighted by molar-refractivity contribution is 5.93. The van der Waals surface area contributed by atoms with Crippen molar-refractivity contribution in [2.24, 2.45) is 0 Å². The summed E-state index contributed by atoms with van der Waals surface area (Å²) in [6.45, 7) is 9.91. The van der Waals surface area contributed by atoms with Crippen LogP contribution in [0.2, 0.25) is 0 Å². The lowest BCUT2D eigenvalue weighted by molar-refractivity contribution is -0.688. The van der Waals surface area contributed by atoms with Crippen molar-refractivity contribution >= 4 is 11.9 Å². The van der Waals surface area contributed by atoms with Gasteiger partial charge in [-0.2, -0.15) is 4.57 Å². The summed E-state index contributed by atoms with van der Waals surface area (Å²) in [4.78, 5) is 28.5. The largest absolute Gasteiger partial charge is 0.457 e. The number of carbonyl (C=O) groups excluding carboxylic acids is 2. The molecule has 1 heterocycles. The highest BCUT2D eigenvalue weighted by Gasteiger charge is 2.20. The summed E-state index contributed by atoms with van der Waals surface area (Å²) in [6, 6.07) is 34.1. The van der Waals surface area contributed by atoms with Gasteiger partial charge in [-0.15, -0.1) is 0 Å². The highest BCUT2D eigenvalue weighted by Crippen LogP contribution is 2.18. The molecular formula is C39H39N2O3+. The van der Waals surface area contributed by atoms with Crippen molar-refractivity contribution in [3.63, 3.8) is 0 Å². The third kappa shape index (κ3) is 8.29. The summed E-state index contributed by atoms with van der Waals surface area (Å²) < 4.78 is 7.64. The zero-order valence-corrected chi connectivity index (χ0v) is 25.9. The SMILES string of the molecule is Cc1cc(C)cc(CN(Cc2ccc(COC(=O)c3cc(C)cc(C)c3)cc2)C(=O)c2ccc[n+](Cc3ccccc3)c2)c1. The molecular weight excluding hydrogens is 544 g/mol. The quantitative estimate of drug-likeness (QED) is 0.127. The first kappa shape index (κ1) is 30.4. The normalized spacial score (nSPS) is 10.8. The Kier molecular flexibility index (Phi) is 9.65. The fourth-order valence-corrected chi connectivity index (χ4v) is 5.59. The Hall–Kier alpha value is -5.03. The maximum Gasteiger partial charge on any atom is 0.338 e. The van der Waals surface area contributed by atoms with Crippen LogP contribution in [0.15, 0.2) is 116 Å². The first-order chi connectivity index (χ1) is 21.2. The first-order valence-electron chi connectivity index (χ1n) is 14.9. The summed E-state index contributed by atoms with van der Waals surface area (Å²) in [5, 5.41) is 0. The van der Waals surface area contributed by atoms with E-state index in [0.717, 1.165) is 27.8 Å². The number of nitrogens with zero attached hydrogens (tertiary/aromatic N) is 2. The van der Waals surface area contributed by atoms with Gasteiger partial charge < -0.3 is 9.64 Å². The number of carbonyl (C=O) groups is 2. The second kappa shape index (κ2) is 14.0. The second-order valence-electron chi connectivity index (χ2n) is 11.7. The number of hydrogen-bond donors (Lipinski definition) is 0. The predicted octanol–water partition coefficient (Wildman–Crippen LogP) is 7.46. The minimum atomic E-state index is -0.335. The standard InChI is InChI=1S/C39H39N2O3/c1-28-17-29(2)20-35(19-28)25-41(38(42)36-11-8-16-40(26-36)23-32-9-6-5-7-10-32)24-33-12-14-34(15-13-33)27-44-39(43)37-21-30(3)18-31(4)22-37/h5-22,26H,23-25,27H2,1-4H3/q+1. The second-order valence-corrected chi connectivity index (χ2v) is 11.7. The molecule has 4 aromatic carbocycles. The number of pyridine rings is 1. The van der Waals surface area contributed by atoms with Gasteiger partial charge in [-0.1, -0.05) is 101 Å². The molecule has 1 aromatic heterocycles. The average molecular weight is 584 g/mol. The van der Waals surface area contributed by atoms with Crippen LogP contribution in [0, 0.1) is 27.7 Å². The fourth-order valence-electron chi connectivity index (χ4n) is 5.59. The van der Waals surface area contributed by atoms with E-state index in [2.05, 4.69) is 44.2 Å². The molecule has 0 aliphatic heterocycles. The van der Waals surface area contributed by atoms with E-state index in [4.69, 9.17) is 4.74 Å². The predicted molar refractivity (Wildman–Crippen MR) is 173 cm³/mol. The van der Waals surface area contributed by atoms with Gasteiger partial charge in [-0.05, 0) is 62.6 Å². The van der Waals surface area contributed by atoms with E-state index >= 15 is 0 Å². The molecule has 0 atom stereocenters. The number of benzene rings is 4. The number of esters is 1. The van der Waals surface area contributed by atoms with Crippen molar-refractivity contribution < 1.29 is 18.9 Å². The van der Waals surface area contributed by atoms with Crippen LogP contribution in [0.1, 0.15) is 65.2 Å². The third-order valence-electron chi connectivity index (χ3n) is 7.48. The van der Waals surface area contributed by atoms with Crippen LogP contribution in [-0.4, -0.2) is 16.8 Å². The van der Waals surface area contributed by atoms with Crippen LogP contribution in [0.4, 0.5) is 0 Å². The van der Waals surface area contributed by atoms with E-state index in [0.29, 0.717) is 30.8 Å². The summed E-state index contributed by atoms with van der Waals surface area (Å²) in [5.41, 5.74) is 9.77. The minimum absolute atomic E-state index is 0.0296. The molecule has 0 radical (unpaired) electrons. The van der Waals surface area contributed by atoms with Crippen LogP contribution in [0.5, 0.6) is 0 Å². The van der Waals surface area contributed by atoms with E-state index < -0.39 is 0 Å². The van der Waals surface area contributed by atoms with Crippen LogP contribution in [-0.2, 0) is 31.0 Å². The van der Waals surface area contributed by atoms with E-state index in [1.807, 2.05) is 109 Å². The van der Waals surface area contributed by atoms with Gasteiger partial charge in [0.25, 0.3) is 5.91 Å². The van der Waals surface area contributed by atoms with Gasteiger partial charge >= 0.3 is 5.97 Å². The van der Waals surface area contributed by atoms with Gasteiger partial charge in [0.05, 0.1) is 5.56 Å². The number of aryl methyl sites for hydroxylation is 4. The molecule has 0 spiro atoms. The Morgan fingerprint density at radius 1 is 0.614 bits per heavy atom. The number of amides is 1. The van der Waals surface area contributed by atoms with Crippen molar-refractivity contribution in [3.8, 4) is 0 Å². The average Bonchev–Trinajstić information content (AvgIpc) is 2.99. The van der Waals surface area contributed by atoms with Gasteiger partial charge in [0, 0.05) is 24.7 Å². The molecule has 0 saturated heterocycles. The Bertz CT molecular complexity index is 1720. The van der Waals surface area contributed by atoms with Gasteiger partial charge in [0.15, 0.2) is 18.9 Å². The zero-order valence-electron chi connectivity index (χ0n) is 25.9. The Balaban J connectivity index is 1.32. The van der Waals surface area contributed by atoms with Crippen LogP contribution in [0.3, 0.4) is 0 Å². The number of hydrogen-bond acceptors (Lipinski definition) is 3. The maximum absolute atomic E-state index is 14.0. The fraction of sp³-hybridized carbons (Fsp3) is 0.205. The minimum Gasteiger partial charge on any atom is -0.457 e. The summed E-state index contributed by atoms with van der Waals surface area (Å²) in [5.74, 6) is -0.364. The summed E-state index contributed by atoms with van der Waals surface area (Å²) in [6.07, 6.45) is 3.92. The molecule has 0 fully saturated rings. The molecule has 0 aliphatic rings. The van der Waals surface area contributed by atoms with Gasteiger partial charge in [0.1, 0.15) is 12.2 Å². The Labute approximate surface area is 260 Å². The van der Waals surface area contributed by atoms with Crippen molar-refractivity contribution in [2.45, 2.75) is 53.9 Å². The third-order valence-corrected chi connectivity index (χ3v) is 7.48. The first-order valence-corrected chi connectivity index (χ1v) is 14.9. The van der Waals surface area contributed by atoms with Crippen molar-refractivity contribution in [3.05, 3.63) is 171 Å². The number of rotatable bonds is 10. The van der Waals surface area contributed by atoms with Crippen molar-refractivity contribution in [1.82, 2.24) is 4.90 Å². The maximum atomic E-state index is 14.0. The van der Waals surface area contributed by atoms with Gasteiger partial charge in [-0.3, -0.25) is 4.79 Å². The Morgan fingerprint density at radius 3 is 1.86 bits per heavy atom. The van der Waals surface area contributed by atoms with Gasteiger partial charge in [-0.25, -0.2) is 4.79 Å². The van der Waals surface area contributed by atoms with E-state index in [1.54, 1.807) is 0 Å². The summed E-state index contributed by atoms with van der Waals surface area (Å²) in [7, 11) is 0. The lowest BCUT2D eigenvalue weighted by Crippen LogP contribution is -2.37. The molecule has 5 aromatic rings. The molecule has 0 unspecified atom stereocenters. The molecule has 0 N–H and O–H groups in total. The monoisotopic (exact) mass is 583 g/mol. The van der Waals surface area contributed by atoms with Gasteiger partial charge in [0.2, 0.25) is 0 Å². The summed E-state index contributed by atoms with van der Waals surface area (Å²) >= 11 is 0. The molecule has 5 rings (SSSR count). The van der Waals surface area contributed by atoms with Crippen molar-refractivity contribution in [2.75, 3.05) is 0 Å². The molecule has 222 valence electrons. The van der Waals surface area contributed by atoms with Crippen LogP contribution >= 0.6 is 0 Å². The molecule has 0 aliphatic carbocycles. The number of ether oxygens (including phenoxy) is 1. The van der Waals surface area contributed by atoms with Crippen LogP contribution in [0.25, 0.3) is 0 Å². The molecule has 5 nitrogen and oxygen atoms in total. The molecule has 1 amide bonds. The highest BCUT2D eigenvalue weighted by atomic mass is 16.5. The number of aromatic nitrogens is 1. The zero-order chi connectivity index (χ0) is 31.1. The smallest absolute Gasteiger partial charge is 0.338 e. The lowest BCUT2D eigenvalue weighted by Gasteiger charge is -2.23. The molecule has 0 bridgehead atoms. The Morgan fingerprint density at radius 2 is 1.20 bits per heavy atom. The lowest BCUT2D eigenvalue weighted by atomic mass is 10.1. The molecule has 0 saturated carbocycles. The van der Waals surface area contributed by atoms with Crippen LogP contribution < -0.4 is 4.57 Å². The molecule has 44 heavy (non-hydrogen) atoms. The topological polar surface area (TPSA) is 50.5 Å². The van der Waals surface area contributed by atoms with E-state index in [1.165, 1.54) is 16.7 Å². The van der Waals surface area contributed by atoms with E-state index in [9.17, 15) is 9.59 Å². The van der Waals surface area contributed by atoms with E-state index in [-0.39, 0.29) is 18.5 Å². The molecule has 5 heteroatoms. The van der Waals surface area contributed by atoms with Crippen molar-refractivity contribution in [1.29, 1.82) is 0 Å².